The maximum absolute atomic E-state index is 14.5. The predicted octanol–water partition coefficient (Wildman–Crippen LogP) is 6.09. The summed E-state index contributed by atoms with van der Waals surface area (Å²) in [5.41, 5.74) is 1.83. The monoisotopic (exact) mass is 520 g/mol. The molecule has 0 saturated heterocycles. The molecule has 198 valence electrons. The highest BCUT2D eigenvalue weighted by molar-refractivity contribution is 6.00. The number of anilines is 2. The number of rotatable bonds is 8. The third kappa shape index (κ3) is 8.28. The van der Waals surface area contributed by atoms with Crippen molar-refractivity contribution in [2.45, 2.75) is 40.2 Å². The Kier molecular flexibility index (Phi) is 10.1. The summed E-state index contributed by atoms with van der Waals surface area (Å²) in [7, 11) is 0. The molecule has 0 bridgehead atoms. The standard InChI is InChI=1S/C24H22F4N4O3.C2H6/c1-13(2)17-12-30-21(16-8-15(4-5-19(16)25)35-24(26,27)28)9-22(17)32-20-6-7-29-11-18(20)23(34)31-10-14(3)33;1-2/h4-9,11-12,14,33H,1,10H2,2-3H3,(H,31,34)(H,29,30,32);1-2H3. The number of aromatic nitrogens is 2. The molecule has 1 aromatic carbocycles. The number of hydrogen-bond donors (Lipinski definition) is 3. The number of carbonyl (C=O) groups excluding carboxylic acids is 1. The Balaban J connectivity index is 0.00000235. The number of alkyl halides is 3. The molecule has 3 rings (SSSR count). The number of aliphatic hydroxyl groups excluding tert-OH is 1. The first kappa shape index (κ1) is 29.2. The van der Waals surface area contributed by atoms with Gasteiger partial charge in [-0.2, -0.15) is 0 Å². The molecule has 3 N–H and O–H groups in total. The van der Waals surface area contributed by atoms with Gasteiger partial charge in [0.2, 0.25) is 0 Å². The van der Waals surface area contributed by atoms with Crippen molar-refractivity contribution in [2.75, 3.05) is 11.9 Å². The Morgan fingerprint density at radius 3 is 2.46 bits per heavy atom. The zero-order chi connectivity index (χ0) is 27.8. The zero-order valence-corrected chi connectivity index (χ0v) is 20.8. The van der Waals surface area contributed by atoms with Crippen molar-refractivity contribution < 1.29 is 32.2 Å². The number of halogens is 4. The fourth-order valence-electron chi connectivity index (χ4n) is 3.11. The van der Waals surface area contributed by atoms with Crippen molar-refractivity contribution in [3.8, 4) is 17.0 Å². The molecular weight excluding hydrogens is 492 g/mol. The lowest BCUT2D eigenvalue weighted by atomic mass is 10.0. The summed E-state index contributed by atoms with van der Waals surface area (Å²) < 4.78 is 56.3. The van der Waals surface area contributed by atoms with Gasteiger partial charge in [-0.3, -0.25) is 14.8 Å². The summed E-state index contributed by atoms with van der Waals surface area (Å²) in [5.74, 6) is -1.89. The number of allylic oxidation sites excluding steroid dienone is 1. The smallest absolute Gasteiger partial charge is 0.406 e. The minimum Gasteiger partial charge on any atom is -0.406 e. The van der Waals surface area contributed by atoms with Crippen molar-refractivity contribution in [1.29, 1.82) is 0 Å². The number of nitrogens with zero attached hydrogens (tertiary/aromatic N) is 2. The van der Waals surface area contributed by atoms with Crippen LogP contribution in [0, 0.1) is 5.82 Å². The molecule has 7 nitrogen and oxygen atoms in total. The van der Waals surface area contributed by atoms with Crippen molar-refractivity contribution in [3.63, 3.8) is 0 Å². The van der Waals surface area contributed by atoms with Gasteiger partial charge in [0.15, 0.2) is 0 Å². The maximum Gasteiger partial charge on any atom is 0.573 e. The summed E-state index contributed by atoms with van der Waals surface area (Å²) in [5, 5.41) is 15.1. The largest absolute Gasteiger partial charge is 0.573 e. The molecule has 11 heteroatoms. The van der Waals surface area contributed by atoms with E-state index in [9.17, 15) is 27.5 Å². The van der Waals surface area contributed by atoms with Crippen LogP contribution >= 0.6 is 0 Å². The highest BCUT2D eigenvalue weighted by Gasteiger charge is 2.31. The van der Waals surface area contributed by atoms with Crippen LogP contribution in [0.2, 0.25) is 0 Å². The van der Waals surface area contributed by atoms with E-state index < -0.39 is 29.9 Å². The molecule has 1 unspecified atom stereocenters. The molecular formula is C26H28F4N4O3. The second kappa shape index (κ2) is 12.8. The second-order valence-electron chi connectivity index (χ2n) is 7.69. The summed E-state index contributed by atoms with van der Waals surface area (Å²) in [6.45, 7) is 11.2. The van der Waals surface area contributed by atoms with Crippen LogP contribution in [0.1, 0.15) is 43.6 Å². The van der Waals surface area contributed by atoms with Gasteiger partial charge < -0.3 is 20.5 Å². The van der Waals surface area contributed by atoms with Crippen LogP contribution < -0.4 is 15.4 Å². The molecule has 1 atom stereocenters. The number of nitrogens with one attached hydrogen (secondary N) is 2. The van der Waals surface area contributed by atoms with E-state index in [-0.39, 0.29) is 23.4 Å². The SMILES string of the molecule is C=C(C)c1cnc(-c2cc(OC(F)(F)F)ccc2F)cc1Nc1ccncc1C(=O)NCC(C)O.CC. The average molecular weight is 521 g/mol. The van der Waals surface area contributed by atoms with E-state index in [0.717, 1.165) is 18.2 Å². The van der Waals surface area contributed by atoms with Crippen LogP contribution in [0.3, 0.4) is 0 Å². The van der Waals surface area contributed by atoms with E-state index in [1.54, 1.807) is 6.92 Å². The molecule has 0 saturated carbocycles. The lowest BCUT2D eigenvalue weighted by Gasteiger charge is -2.17. The normalized spacial score (nSPS) is 11.6. The molecule has 0 aliphatic rings. The van der Waals surface area contributed by atoms with Crippen molar-refractivity contribution in [1.82, 2.24) is 15.3 Å². The Morgan fingerprint density at radius 1 is 1.14 bits per heavy atom. The summed E-state index contributed by atoms with van der Waals surface area (Å²) in [4.78, 5) is 20.7. The van der Waals surface area contributed by atoms with Crippen LogP contribution in [0.5, 0.6) is 5.75 Å². The molecule has 0 fully saturated rings. The quantitative estimate of drug-likeness (QED) is 0.311. The Labute approximate surface area is 212 Å². The van der Waals surface area contributed by atoms with Gasteiger partial charge in [0, 0.05) is 41.9 Å². The highest BCUT2D eigenvalue weighted by atomic mass is 19.4. The number of benzene rings is 1. The lowest BCUT2D eigenvalue weighted by molar-refractivity contribution is -0.274. The van der Waals surface area contributed by atoms with Crippen LogP contribution in [-0.4, -0.2) is 40.0 Å². The van der Waals surface area contributed by atoms with Gasteiger partial charge in [-0.1, -0.05) is 20.4 Å². The summed E-state index contributed by atoms with van der Waals surface area (Å²) >= 11 is 0. The number of aliphatic hydroxyl groups is 1. The Bertz CT molecular complexity index is 1250. The molecule has 1 amide bonds. The van der Waals surface area contributed by atoms with E-state index in [0.29, 0.717) is 22.5 Å². The van der Waals surface area contributed by atoms with E-state index >= 15 is 0 Å². The van der Waals surface area contributed by atoms with Crippen molar-refractivity contribution in [3.05, 3.63) is 72.4 Å². The fourth-order valence-corrected chi connectivity index (χ4v) is 3.11. The van der Waals surface area contributed by atoms with Gasteiger partial charge in [-0.25, -0.2) is 4.39 Å². The molecule has 0 radical (unpaired) electrons. The molecule has 0 aliphatic carbocycles. The van der Waals surface area contributed by atoms with Gasteiger partial charge in [-0.05, 0) is 49.8 Å². The Morgan fingerprint density at radius 2 is 1.84 bits per heavy atom. The van der Waals surface area contributed by atoms with Gasteiger partial charge in [0.25, 0.3) is 5.91 Å². The summed E-state index contributed by atoms with van der Waals surface area (Å²) in [6, 6.07) is 5.58. The van der Waals surface area contributed by atoms with Gasteiger partial charge in [0.05, 0.1) is 23.0 Å². The number of pyridine rings is 2. The molecule has 0 aliphatic heterocycles. The number of ether oxygens (including phenoxy) is 1. The number of amides is 1. The fraction of sp³-hybridized carbons (Fsp3) is 0.269. The van der Waals surface area contributed by atoms with Crippen LogP contribution in [0.15, 0.2) is 55.5 Å². The first-order valence-corrected chi connectivity index (χ1v) is 11.3. The lowest BCUT2D eigenvalue weighted by Crippen LogP contribution is -2.31. The first-order valence-electron chi connectivity index (χ1n) is 11.3. The third-order valence-electron chi connectivity index (χ3n) is 4.70. The third-order valence-corrected chi connectivity index (χ3v) is 4.70. The van der Waals surface area contributed by atoms with Crippen LogP contribution in [0.25, 0.3) is 16.8 Å². The molecule has 37 heavy (non-hydrogen) atoms. The van der Waals surface area contributed by atoms with Crippen molar-refractivity contribution >= 4 is 22.9 Å². The van der Waals surface area contributed by atoms with E-state index in [4.69, 9.17) is 0 Å². The zero-order valence-electron chi connectivity index (χ0n) is 20.8. The molecule has 3 aromatic rings. The maximum atomic E-state index is 14.5. The van der Waals surface area contributed by atoms with Crippen LogP contribution in [-0.2, 0) is 0 Å². The predicted molar refractivity (Wildman–Crippen MR) is 134 cm³/mol. The minimum atomic E-state index is -4.94. The van der Waals surface area contributed by atoms with Gasteiger partial charge in [0.1, 0.15) is 11.6 Å². The molecule has 0 spiro atoms. The molecule has 2 heterocycles. The Hall–Kier alpha value is -3.99. The van der Waals surface area contributed by atoms with Crippen LogP contribution in [0.4, 0.5) is 28.9 Å². The van der Waals surface area contributed by atoms with Gasteiger partial charge in [-0.15, -0.1) is 13.2 Å². The van der Waals surface area contributed by atoms with Crippen molar-refractivity contribution in [2.24, 2.45) is 0 Å². The van der Waals surface area contributed by atoms with E-state index in [2.05, 4.69) is 31.9 Å². The highest BCUT2D eigenvalue weighted by Crippen LogP contribution is 2.34. The topological polar surface area (TPSA) is 96.4 Å². The van der Waals surface area contributed by atoms with E-state index in [1.165, 1.54) is 37.6 Å². The van der Waals surface area contributed by atoms with Gasteiger partial charge >= 0.3 is 6.36 Å². The first-order chi connectivity index (χ1) is 17.4. The van der Waals surface area contributed by atoms with E-state index in [1.807, 2.05) is 13.8 Å². The summed E-state index contributed by atoms with van der Waals surface area (Å²) in [6.07, 6.45) is -1.51. The number of hydrogen-bond acceptors (Lipinski definition) is 6. The minimum absolute atomic E-state index is 0.0248. The molecule has 2 aromatic heterocycles. The average Bonchev–Trinajstić information content (AvgIpc) is 2.84. The second-order valence-corrected chi connectivity index (χ2v) is 7.69. The number of carbonyl (C=O) groups is 1.